The molecule has 108 valence electrons. The summed E-state index contributed by atoms with van der Waals surface area (Å²) in [6.45, 7) is 1.38. The third-order valence-electron chi connectivity index (χ3n) is 2.69. The zero-order valence-corrected chi connectivity index (χ0v) is 11.9. The number of carbonyl (C=O) groups excluding carboxylic acids is 2. The number of nitrogens with one attached hydrogen (secondary N) is 2. The Kier molecular flexibility index (Phi) is 4.45. The molecule has 21 heavy (non-hydrogen) atoms. The van der Waals surface area contributed by atoms with E-state index in [2.05, 4.69) is 10.6 Å². The third-order valence-corrected chi connectivity index (χ3v) is 3.00. The normalized spacial score (nSPS) is 10.0. The highest BCUT2D eigenvalue weighted by Crippen LogP contribution is 2.26. The standard InChI is InChI=1S/C15H13ClN2O3/c1-9(19)17-13-7-6-10(8-12(13)16)18-15(21)11-4-2-3-5-14(11)20/h2-8,20H,1H3,(H,17,19)(H,18,21). The Hall–Kier alpha value is -2.53. The SMILES string of the molecule is CC(=O)Nc1ccc(NC(=O)c2ccccc2O)cc1Cl. The van der Waals surface area contributed by atoms with Crippen LogP contribution < -0.4 is 10.6 Å². The number of carbonyl (C=O) groups is 2. The van der Waals surface area contributed by atoms with Crippen molar-refractivity contribution in [1.29, 1.82) is 0 Å². The molecule has 0 atom stereocenters. The van der Waals surface area contributed by atoms with E-state index in [9.17, 15) is 14.7 Å². The number of hydrogen-bond acceptors (Lipinski definition) is 3. The predicted molar refractivity (Wildman–Crippen MR) is 81.8 cm³/mol. The van der Waals surface area contributed by atoms with Gasteiger partial charge in [0.1, 0.15) is 5.75 Å². The summed E-state index contributed by atoms with van der Waals surface area (Å²) >= 11 is 6.02. The molecule has 0 fully saturated rings. The number of benzene rings is 2. The molecule has 0 aliphatic heterocycles. The Balaban J connectivity index is 2.17. The van der Waals surface area contributed by atoms with Crippen LogP contribution in [0.15, 0.2) is 42.5 Å². The Morgan fingerprint density at radius 2 is 1.81 bits per heavy atom. The first kappa shape index (κ1) is 14.9. The molecule has 0 aromatic heterocycles. The molecule has 2 aromatic carbocycles. The lowest BCUT2D eigenvalue weighted by atomic mass is 10.2. The van der Waals surface area contributed by atoms with E-state index in [-0.39, 0.29) is 17.2 Å². The van der Waals surface area contributed by atoms with Crippen molar-refractivity contribution in [1.82, 2.24) is 0 Å². The van der Waals surface area contributed by atoms with Crippen molar-refractivity contribution in [3.05, 3.63) is 53.1 Å². The van der Waals surface area contributed by atoms with Crippen molar-refractivity contribution in [2.24, 2.45) is 0 Å². The first-order valence-electron chi connectivity index (χ1n) is 6.14. The number of halogens is 1. The van der Waals surface area contributed by atoms with E-state index in [0.29, 0.717) is 16.4 Å². The highest BCUT2D eigenvalue weighted by atomic mass is 35.5. The molecule has 0 saturated carbocycles. The summed E-state index contributed by atoms with van der Waals surface area (Å²) in [7, 11) is 0. The van der Waals surface area contributed by atoms with Crippen LogP contribution in [0.5, 0.6) is 5.75 Å². The van der Waals surface area contributed by atoms with Gasteiger partial charge in [0.2, 0.25) is 5.91 Å². The molecule has 0 heterocycles. The molecule has 0 spiro atoms. The third kappa shape index (κ3) is 3.73. The van der Waals surface area contributed by atoms with Gasteiger partial charge in [-0.15, -0.1) is 0 Å². The Labute approximate surface area is 126 Å². The lowest BCUT2D eigenvalue weighted by Crippen LogP contribution is -2.12. The number of amides is 2. The van der Waals surface area contributed by atoms with E-state index >= 15 is 0 Å². The average molecular weight is 305 g/mol. The summed E-state index contributed by atoms with van der Waals surface area (Å²) < 4.78 is 0. The van der Waals surface area contributed by atoms with Gasteiger partial charge in [-0.2, -0.15) is 0 Å². The summed E-state index contributed by atoms with van der Waals surface area (Å²) in [5, 5.41) is 15.1. The van der Waals surface area contributed by atoms with Crippen LogP contribution in [-0.4, -0.2) is 16.9 Å². The zero-order valence-electron chi connectivity index (χ0n) is 11.2. The van der Waals surface area contributed by atoms with Crippen LogP contribution in [0.1, 0.15) is 17.3 Å². The van der Waals surface area contributed by atoms with Crippen molar-refractivity contribution in [2.45, 2.75) is 6.92 Å². The Bertz CT molecular complexity index is 701. The molecule has 0 aliphatic carbocycles. The van der Waals surface area contributed by atoms with Gasteiger partial charge in [-0.05, 0) is 30.3 Å². The second kappa shape index (κ2) is 6.28. The van der Waals surface area contributed by atoms with Crippen molar-refractivity contribution >= 4 is 34.8 Å². The molecule has 5 nitrogen and oxygen atoms in total. The summed E-state index contributed by atoms with van der Waals surface area (Å²) in [6.07, 6.45) is 0. The molecule has 0 bridgehead atoms. The molecule has 2 aromatic rings. The second-order valence-corrected chi connectivity index (χ2v) is 4.75. The van der Waals surface area contributed by atoms with Gasteiger partial charge in [-0.25, -0.2) is 0 Å². The van der Waals surface area contributed by atoms with Gasteiger partial charge in [0, 0.05) is 12.6 Å². The molecule has 6 heteroatoms. The molecule has 0 radical (unpaired) electrons. The first-order valence-corrected chi connectivity index (χ1v) is 6.51. The maximum absolute atomic E-state index is 12.0. The summed E-state index contributed by atoms with van der Waals surface area (Å²) in [6, 6.07) is 10.9. The number of anilines is 2. The number of phenols is 1. The minimum atomic E-state index is -0.448. The van der Waals surface area contributed by atoms with Gasteiger partial charge < -0.3 is 15.7 Å². The lowest BCUT2D eigenvalue weighted by molar-refractivity contribution is -0.114. The van der Waals surface area contributed by atoms with Crippen molar-refractivity contribution in [3.8, 4) is 5.75 Å². The van der Waals surface area contributed by atoms with Gasteiger partial charge >= 0.3 is 0 Å². The van der Waals surface area contributed by atoms with Crippen LogP contribution in [0.3, 0.4) is 0 Å². The van der Waals surface area contributed by atoms with Crippen LogP contribution in [0, 0.1) is 0 Å². The minimum absolute atomic E-state index is 0.101. The van der Waals surface area contributed by atoms with Gasteiger partial charge in [0.05, 0.1) is 16.3 Å². The number of aromatic hydroxyl groups is 1. The van der Waals surface area contributed by atoms with Crippen molar-refractivity contribution in [2.75, 3.05) is 10.6 Å². The van der Waals surface area contributed by atoms with Crippen molar-refractivity contribution in [3.63, 3.8) is 0 Å². The molecular weight excluding hydrogens is 292 g/mol. The van der Waals surface area contributed by atoms with E-state index in [4.69, 9.17) is 11.6 Å². The van der Waals surface area contributed by atoms with E-state index in [1.807, 2.05) is 0 Å². The number of phenolic OH excluding ortho intramolecular Hbond substituents is 1. The highest BCUT2D eigenvalue weighted by Gasteiger charge is 2.11. The predicted octanol–water partition coefficient (Wildman–Crippen LogP) is 3.26. The minimum Gasteiger partial charge on any atom is -0.507 e. The van der Waals surface area contributed by atoms with Gasteiger partial charge in [0.15, 0.2) is 0 Å². The van der Waals surface area contributed by atoms with Crippen molar-refractivity contribution < 1.29 is 14.7 Å². The van der Waals surface area contributed by atoms with Crippen LogP contribution >= 0.6 is 11.6 Å². The van der Waals surface area contributed by atoms with E-state index in [1.54, 1.807) is 24.3 Å². The van der Waals surface area contributed by atoms with Crippen LogP contribution in [-0.2, 0) is 4.79 Å². The van der Waals surface area contributed by atoms with Gasteiger partial charge in [-0.3, -0.25) is 9.59 Å². The smallest absolute Gasteiger partial charge is 0.259 e. The topological polar surface area (TPSA) is 78.4 Å². The molecule has 0 aliphatic rings. The molecule has 2 amide bonds. The van der Waals surface area contributed by atoms with Gasteiger partial charge in [0.25, 0.3) is 5.91 Å². The second-order valence-electron chi connectivity index (χ2n) is 4.35. The van der Waals surface area contributed by atoms with Crippen LogP contribution in [0.25, 0.3) is 0 Å². The largest absolute Gasteiger partial charge is 0.507 e. The van der Waals surface area contributed by atoms with E-state index < -0.39 is 5.91 Å². The van der Waals surface area contributed by atoms with Crippen LogP contribution in [0.4, 0.5) is 11.4 Å². The summed E-state index contributed by atoms with van der Waals surface area (Å²) in [5.41, 5.74) is 1.09. The van der Waals surface area contributed by atoms with Gasteiger partial charge in [-0.1, -0.05) is 23.7 Å². The number of rotatable bonds is 3. The fourth-order valence-corrected chi connectivity index (χ4v) is 1.98. The lowest BCUT2D eigenvalue weighted by Gasteiger charge is -2.09. The summed E-state index contributed by atoms with van der Waals surface area (Å²) in [5.74, 6) is -0.782. The number of para-hydroxylation sites is 1. The monoisotopic (exact) mass is 304 g/mol. The summed E-state index contributed by atoms with van der Waals surface area (Å²) in [4.78, 5) is 23.0. The quantitative estimate of drug-likeness (QED) is 0.814. The maximum Gasteiger partial charge on any atom is 0.259 e. The number of hydrogen-bond donors (Lipinski definition) is 3. The van der Waals surface area contributed by atoms with E-state index in [0.717, 1.165) is 0 Å². The average Bonchev–Trinajstić information content (AvgIpc) is 2.42. The molecular formula is C15H13ClN2O3. The Morgan fingerprint density at radius 3 is 2.43 bits per heavy atom. The molecule has 2 rings (SSSR count). The highest BCUT2D eigenvalue weighted by molar-refractivity contribution is 6.34. The van der Waals surface area contributed by atoms with Crippen LogP contribution in [0.2, 0.25) is 5.02 Å². The molecule has 0 saturated heterocycles. The maximum atomic E-state index is 12.0. The Morgan fingerprint density at radius 1 is 1.10 bits per heavy atom. The molecule has 3 N–H and O–H groups in total. The fourth-order valence-electron chi connectivity index (χ4n) is 1.75. The fraction of sp³-hybridized carbons (Fsp3) is 0.0667. The zero-order chi connectivity index (χ0) is 15.4. The van der Waals surface area contributed by atoms with E-state index in [1.165, 1.54) is 25.1 Å². The molecule has 0 unspecified atom stereocenters. The first-order chi connectivity index (χ1) is 9.97.